The van der Waals surface area contributed by atoms with E-state index >= 15 is 0 Å². The summed E-state index contributed by atoms with van der Waals surface area (Å²) in [6.07, 6.45) is -0.703. The van der Waals surface area contributed by atoms with E-state index in [2.05, 4.69) is 10.6 Å². The number of nitro benzene ring substituents is 1. The van der Waals surface area contributed by atoms with Crippen molar-refractivity contribution in [3.8, 4) is 0 Å². The maximum Gasteiger partial charge on any atom is 0.306 e. The second kappa shape index (κ2) is 10.5. The van der Waals surface area contributed by atoms with Gasteiger partial charge in [-0.2, -0.15) is 11.3 Å². The minimum absolute atomic E-state index is 0.00700. The van der Waals surface area contributed by atoms with Crippen molar-refractivity contribution in [3.63, 3.8) is 0 Å². The molecule has 1 unspecified atom stereocenters. The minimum atomic E-state index is -1.09. The van der Waals surface area contributed by atoms with Gasteiger partial charge in [-0.15, -0.1) is 0 Å². The lowest BCUT2D eigenvalue weighted by Crippen LogP contribution is -2.30. The summed E-state index contributed by atoms with van der Waals surface area (Å²) >= 11 is 7.33. The molecule has 2 N–H and O–H groups in total. The highest BCUT2D eigenvalue weighted by atomic mass is 35.5. The smallest absolute Gasteiger partial charge is 0.306 e. The number of ether oxygens (including phenoxy) is 1. The average molecular weight is 440 g/mol. The zero-order valence-electron chi connectivity index (χ0n) is 15.3. The molecule has 0 saturated carbocycles. The molecule has 1 aromatic heterocycles. The van der Waals surface area contributed by atoms with Crippen LogP contribution in [-0.4, -0.2) is 35.4 Å². The van der Waals surface area contributed by atoms with Crippen LogP contribution in [0.1, 0.15) is 30.1 Å². The lowest BCUT2D eigenvalue weighted by atomic mass is 10.2. The fraction of sp³-hybridized carbons (Fsp3) is 0.278. The summed E-state index contributed by atoms with van der Waals surface area (Å²) in [5, 5.41) is 19.3. The largest absolute Gasteiger partial charge is 0.453 e. The van der Waals surface area contributed by atoms with Crippen LogP contribution in [0.5, 0.6) is 0 Å². The Hall–Kier alpha value is -2.98. The van der Waals surface area contributed by atoms with Gasteiger partial charge >= 0.3 is 5.97 Å². The molecular weight excluding hydrogens is 422 g/mol. The molecule has 1 heterocycles. The van der Waals surface area contributed by atoms with Crippen molar-refractivity contribution in [2.45, 2.75) is 25.9 Å². The first kappa shape index (κ1) is 22.3. The Bertz CT molecular complexity index is 903. The molecule has 29 heavy (non-hydrogen) atoms. The van der Waals surface area contributed by atoms with Crippen molar-refractivity contribution in [1.29, 1.82) is 0 Å². The molecule has 0 bridgehead atoms. The Morgan fingerprint density at radius 2 is 2.07 bits per heavy atom. The number of nitrogens with zero attached hydrogens (tertiary/aromatic N) is 1. The molecule has 1 atom stereocenters. The first-order valence-electron chi connectivity index (χ1n) is 8.52. The number of nitrogens with one attached hydrogen (secondary N) is 2. The molecule has 0 fully saturated rings. The number of thiophene rings is 1. The molecule has 1 aromatic carbocycles. The number of non-ortho nitro benzene ring substituents is 1. The van der Waals surface area contributed by atoms with E-state index in [1.807, 2.05) is 0 Å². The molecular formula is C18H18ClN3O6S. The van der Waals surface area contributed by atoms with Crippen LogP contribution < -0.4 is 10.6 Å². The molecule has 0 aliphatic rings. The van der Waals surface area contributed by atoms with Gasteiger partial charge in [-0.05, 0) is 30.9 Å². The zero-order chi connectivity index (χ0) is 21.4. The van der Waals surface area contributed by atoms with Crippen molar-refractivity contribution in [1.82, 2.24) is 5.32 Å². The van der Waals surface area contributed by atoms with Crippen LogP contribution in [0, 0.1) is 10.1 Å². The average Bonchev–Trinajstić information content (AvgIpc) is 3.21. The summed E-state index contributed by atoms with van der Waals surface area (Å²) in [5.41, 5.74) is 0.521. The Kier molecular flexibility index (Phi) is 8.10. The normalized spacial score (nSPS) is 11.4. The van der Waals surface area contributed by atoms with Gasteiger partial charge in [-0.1, -0.05) is 11.6 Å². The Morgan fingerprint density at radius 3 is 2.69 bits per heavy atom. The van der Waals surface area contributed by atoms with E-state index in [9.17, 15) is 24.5 Å². The number of amides is 2. The van der Waals surface area contributed by atoms with Crippen LogP contribution in [0.3, 0.4) is 0 Å². The third-order valence-electron chi connectivity index (χ3n) is 3.73. The monoisotopic (exact) mass is 439 g/mol. The molecule has 0 aliphatic carbocycles. The number of rotatable bonds is 9. The Morgan fingerprint density at radius 1 is 1.31 bits per heavy atom. The van der Waals surface area contributed by atoms with Gasteiger partial charge in [0.15, 0.2) is 6.10 Å². The number of hydrogen-bond donors (Lipinski definition) is 2. The van der Waals surface area contributed by atoms with Crippen molar-refractivity contribution >= 4 is 52.1 Å². The third-order valence-corrected chi connectivity index (χ3v) is 4.72. The molecule has 11 heteroatoms. The van der Waals surface area contributed by atoms with Gasteiger partial charge < -0.3 is 15.4 Å². The van der Waals surface area contributed by atoms with Crippen molar-refractivity contribution in [3.05, 3.63) is 55.7 Å². The lowest BCUT2D eigenvalue weighted by molar-refractivity contribution is -0.384. The molecule has 2 amide bonds. The third kappa shape index (κ3) is 6.84. The van der Waals surface area contributed by atoms with E-state index < -0.39 is 22.9 Å². The summed E-state index contributed by atoms with van der Waals surface area (Å²) < 4.78 is 5.05. The van der Waals surface area contributed by atoms with E-state index in [0.29, 0.717) is 18.5 Å². The molecule has 9 nitrogen and oxygen atoms in total. The molecule has 0 radical (unpaired) electrons. The van der Waals surface area contributed by atoms with Crippen LogP contribution in [0.4, 0.5) is 11.4 Å². The van der Waals surface area contributed by atoms with Gasteiger partial charge in [-0.25, -0.2) is 0 Å². The molecule has 154 valence electrons. The fourth-order valence-electron chi connectivity index (χ4n) is 2.19. The maximum absolute atomic E-state index is 12.1. The van der Waals surface area contributed by atoms with Crippen LogP contribution in [-0.2, 0) is 14.3 Å². The van der Waals surface area contributed by atoms with Crippen LogP contribution in [0.25, 0.3) is 0 Å². The first-order chi connectivity index (χ1) is 13.8. The maximum atomic E-state index is 12.1. The molecule has 2 aromatic rings. The van der Waals surface area contributed by atoms with Gasteiger partial charge in [-0.3, -0.25) is 24.5 Å². The second-order valence-corrected chi connectivity index (χ2v) is 7.10. The summed E-state index contributed by atoms with van der Waals surface area (Å²) in [7, 11) is 0. The number of anilines is 1. The summed E-state index contributed by atoms with van der Waals surface area (Å²) in [6.45, 7) is 1.69. The summed E-state index contributed by atoms with van der Waals surface area (Å²) in [4.78, 5) is 45.8. The van der Waals surface area contributed by atoms with Gasteiger partial charge in [0.2, 0.25) is 0 Å². The van der Waals surface area contributed by atoms with Crippen LogP contribution >= 0.6 is 22.9 Å². The lowest BCUT2D eigenvalue weighted by Gasteiger charge is -2.14. The number of hydrogen-bond acceptors (Lipinski definition) is 7. The SMILES string of the molecule is CC(OC(=O)CCCNC(=O)c1ccsc1)C(=O)Nc1ccc([N+](=O)[O-])cc1Cl. The minimum Gasteiger partial charge on any atom is -0.453 e. The first-order valence-corrected chi connectivity index (χ1v) is 9.84. The topological polar surface area (TPSA) is 128 Å². The molecule has 0 saturated heterocycles. The van der Waals surface area contributed by atoms with E-state index in [4.69, 9.17) is 16.3 Å². The highest BCUT2D eigenvalue weighted by Crippen LogP contribution is 2.26. The van der Waals surface area contributed by atoms with E-state index in [0.717, 1.165) is 6.07 Å². The molecule has 0 aliphatic heterocycles. The van der Waals surface area contributed by atoms with E-state index in [-0.39, 0.29) is 28.7 Å². The highest BCUT2D eigenvalue weighted by molar-refractivity contribution is 7.08. The predicted octanol–water partition coefficient (Wildman–Crippen LogP) is 3.39. The van der Waals surface area contributed by atoms with E-state index in [1.54, 1.807) is 16.8 Å². The van der Waals surface area contributed by atoms with Crippen molar-refractivity contribution < 1.29 is 24.0 Å². The van der Waals surface area contributed by atoms with Crippen molar-refractivity contribution in [2.24, 2.45) is 0 Å². The standard InChI is InChI=1S/C18H18ClN3O6S/c1-11(17(24)21-15-5-4-13(22(26)27)9-14(15)19)28-16(23)3-2-7-20-18(25)12-6-8-29-10-12/h4-6,8-11H,2-3,7H2,1H3,(H,20,25)(H,21,24). The van der Waals surface area contributed by atoms with Crippen molar-refractivity contribution in [2.75, 3.05) is 11.9 Å². The van der Waals surface area contributed by atoms with Crippen LogP contribution in [0.15, 0.2) is 35.0 Å². The van der Waals surface area contributed by atoms with Gasteiger partial charge in [0, 0.05) is 36.0 Å². The summed E-state index contributed by atoms with van der Waals surface area (Å²) in [6, 6.07) is 5.30. The highest BCUT2D eigenvalue weighted by Gasteiger charge is 2.19. The Balaban J connectivity index is 1.73. The van der Waals surface area contributed by atoms with Crippen LogP contribution in [0.2, 0.25) is 5.02 Å². The fourth-order valence-corrected chi connectivity index (χ4v) is 3.05. The van der Waals surface area contributed by atoms with Gasteiger partial charge in [0.1, 0.15) is 0 Å². The Labute approximate surface area is 175 Å². The molecule has 2 rings (SSSR count). The number of nitro groups is 1. The predicted molar refractivity (Wildman–Crippen MR) is 108 cm³/mol. The molecule has 0 spiro atoms. The summed E-state index contributed by atoms with van der Waals surface area (Å²) in [5.74, 6) is -1.43. The number of benzene rings is 1. The number of esters is 1. The second-order valence-electron chi connectivity index (χ2n) is 5.91. The van der Waals surface area contributed by atoms with Gasteiger partial charge in [0.25, 0.3) is 17.5 Å². The zero-order valence-corrected chi connectivity index (χ0v) is 16.9. The number of carbonyl (C=O) groups is 3. The van der Waals surface area contributed by atoms with E-state index in [1.165, 1.54) is 30.4 Å². The number of carbonyl (C=O) groups excluding carboxylic acids is 3. The quantitative estimate of drug-likeness (QED) is 0.267. The van der Waals surface area contributed by atoms with Gasteiger partial charge in [0.05, 0.1) is 15.6 Å². The number of halogens is 1.